The van der Waals surface area contributed by atoms with Crippen LogP contribution in [0.5, 0.6) is 0 Å². The molecule has 1 unspecified atom stereocenters. The van der Waals surface area contributed by atoms with E-state index in [0.717, 1.165) is 0 Å². The van der Waals surface area contributed by atoms with Crippen molar-refractivity contribution in [2.45, 2.75) is 13.3 Å². The quantitative estimate of drug-likeness (QED) is 0.555. The molecule has 1 rings (SSSR count). The van der Waals surface area contributed by atoms with Gasteiger partial charge in [-0.25, -0.2) is 0 Å². The van der Waals surface area contributed by atoms with E-state index in [1.54, 1.807) is 6.92 Å². The topological polar surface area (TPSA) is 78.4 Å². The number of rotatable bonds is 5. The van der Waals surface area contributed by atoms with Crippen LogP contribution in [0, 0.1) is 11.8 Å². The largest absolute Gasteiger partial charge is 0.481 e. The molecule has 0 bridgehead atoms. The summed E-state index contributed by atoms with van der Waals surface area (Å²) < 4.78 is 0. The lowest BCUT2D eigenvalue weighted by atomic mass is 10.0. The molecule has 1 heterocycles. The van der Waals surface area contributed by atoms with E-state index in [9.17, 15) is 9.59 Å². The van der Waals surface area contributed by atoms with E-state index < -0.39 is 11.9 Å². The molecular formula is C9H16N2O3. The van der Waals surface area contributed by atoms with Gasteiger partial charge in [-0.05, 0) is 6.42 Å². The number of hydrogen-bond acceptors (Lipinski definition) is 3. The van der Waals surface area contributed by atoms with E-state index in [1.807, 2.05) is 0 Å². The van der Waals surface area contributed by atoms with Gasteiger partial charge >= 0.3 is 5.97 Å². The Morgan fingerprint density at radius 2 is 2.21 bits per heavy atom. The van der Waals surface area contributed by atoms with E-state index >= 15 is 0 Å². The Bertz CT molecular complexity index is 226. The average molecular weight is 200 g/mol. The Balaban J connectivity index is 2.23. The lowest BCUT2D eigenvalue weighted by Crippen LogP contribution is -2.51. The van der Waals surface area contributed by atoms with Crippen molar-refractivity contribution < 1.29 is 14.7 Å². The van der Waals surface area contributed by atoms with Crippen LogP contribution in [-0.2, 0) is 9.59 Å². The summed E-state index contributed by atoms with van der Waals surface area (Å²) >= 11 is 0. The van der Waals surface area contributed by atoms with Crippen LogP contribution in [0.1, 0.15) is 13.3 Å². The maximum atomic E-state index is 11.3. The number of aliphatic carboxylic acids is 1. The van der Waals surface area contributed by atoms with Gasteiger partial charge in [0.25, 0.3) is 0 Å². The fourth-order valence-electron chi connectivity index (χ4n) is 1.25. The van der Waals surface area contributed by atoms with E-state index in [-0.39, 0.29) is 18.4 Å². The first-order valence-corrected chi connectivity index (χ1v) is 4.86. The van der Waals surface area contributed by atoms with Gasteiger partial charge in [0.1, 0.15) is 0 Å². The molecule has 0 aromatic heterocycles. The molecule has 14 heavy (non-hydrogen) atoms. The number of amides is 1. The maximum absolute atomic E-state index is 11.3. The monoisotopic (exact) mass is 200 g/mol. The number of carbonyl (C=O) groups is 2. The van der Waals surface area contributed by atoms with Gasteiger partial charge in [0, 0.05) is 19.6 Å². The van der Waals surface area contributed by atoms with Crippen LogP contribution >= 0.6 is 0 Å². The van der Waals surface area contributed by atoms with Crippen molar-refractivity contribution in [2.24, 2.45) is 11.8 Å². The summed E-state index contributed by atoms with van der Waals surface area (Å²) in [6.07, 6.45) is 0.540. The van der Waals surface area contributed by atoms with E-state index in [2.05, 4.69) is 10.6 Å². The van der Waals surface area contributed by atoms with Crippen LogP contribution in [0.2, 0.25) is 0 Å². The summed E-state index contributed by atoms with van der Waals surface area (Å²) in [6.45, 7) is 3.45. The van der Waals surface area contributed by atoms with Crippen molar-refractivity contribution in [3.8, 4) is 0 Å². The molecule has 0 aliphatic carbocycles. The predicted octanol–water partition coefficient (Wildman–Crippen LogP) is -0.567. The normalized spacial score (nSPS) is 18.4. The molecule has 5 heteroatoms. The smallest absolute Gasteiger partial charge is 0.308 e. The van der Waals surface area contributed by atoms with Crippen molar-refractivity contribution >= 4 is 11.9 Å². The van der Waals surface area contributed by atoms with Gasteiger partial charge in [-0.2, -0.15) is 0 Å². The van der Waals surface area contributed by atoms with Crippen LogP contribution in [0.25, 0.3) is 0 Å². The van der Waals surface area contributed by atoms with Gasteiger partial charge in [-0.15, -0.1) is 0 Å². The van der Waals surface area contributed by atoms with Crippen molar-refractivity contribution in [2.75, 3.05) is 19.6 Å². The van der Waals surface area contributed by atoms with Crippen LogP contribution in [0.15, 0.2) is 0 Å². The molecule has 0 saturated carbocycles. The fraction of sp³-hybridized carbons (Fsp3) is 0.778. The summed E-state index contributed by atoms with van der Waals surface area (Å²) in [7, 11) is 0. The molecule has 80 valence electrons. The second-order valence-corrected chi connectivity index (χ2v) is 3.54. The Morgan fingerprint density at radius 1 is 1.57 bits per heavy atom. The van der Waals surface area contributed by atoms with E-state index in [0.29, 0.717) is 19.5 Å². The van der Waals surface area contributed by atoms with Crippen molar-refractivity contribution in [3.63, 3.8) is 0 Å². The molecule has 1 aliphatic rings. The first kappa shape index (κ1) is 11.0. The Kier molecular flexibility index (Phi) is 3.88. The third-order valence-corrected chi connectivity index (χ3v) is 2.52. The van der Waals surface area contributed by atoms with Crippen molar-refractivity contribution in [3.05, 3.63) is 0 Å². The highest BCUT2D eigenvalue weighted by atomic mass is 16.4. The van der Waals surface area contributed by atoms with Crippen LogP contribution in [-0.4, -0.2) is 36.6 Å². The summed E-state index contributed by atoms with van der Waals surface area (Å²) in [4.78, 5) is 22.0. The second-order valence-electron chi connectivity index (χ2n) is 3.54. The molecule has 1 amide bonds. The lowest BCUT2D eigenvalue weighted by molar-refractivity contribution is -0.141. The zero-order chi connectivity index (χ0) is 10.6. The Hall–Kier alpha value is -1.10. The zero-order valence-corrected chi connectivity index (χ0v) is 8.25. The molecule has 5 nitrogen and oxygen atoms in total. The Morgan fingerprint density at radius 3 is 2.57 bits per heavy atom. The third-order valence-electron chi connectivity index (χ3n) is 2.52. The van der Waals surface area contributed by atoms with Gasteiger partial charge in [-0.3, -0.25) is 9.59 Å². The molecule has 3 N–H and O–H groups in total. The average Bonchev–Trinajstić information content (AvgIpc) is 2.01. The number of carbonyl (C=O) groups excluding carboxylic acids is 1. The minimum Gasteiger partial charge on any atom is -0.481 e. The molecular weight excluding hydrogens is 184 g/mol. The number of carboxylic acids is 1. The summed E-state index contributed by atoms with van der Waals surface area (Å²) in [5.74, 6) is -1.32. The minimum atomic E-state index is -0.848. The molecule has 1 aliphatic heterocycles. The number of hydrogen-bond donors (Lipinski definition) is 3. The van der Waals surface area contributed by atoms with Crippen molar-refractivity contribution in [1.29, 1.82) is 0 Å². The zero-order valence-electron chi connectivity index (χ0n) is 8.25. The second kappa shape index (κ2) is 4.95. The Labute approximate surface area is 82.9 Å². The number of carboxylic acid groups (broad SMARTS) is 1. The van der Waals surface area contributed by atoms with Crippen LogP contribution in [0.3, 0.4) is 0 Å². The molecule has 0 aromatic carbocycles. The molecule has 1 saturated heterocycles. The highest BCUT2D eigenvalue weighted by Gasteiger charge is 2.25. The number of nitrogens with one attached hydrogen (secondary N) is 2. The van der Waals surface area contributed by atoms with Gasteiger partial charge in [0.2, 0.25) is 5.91 Å². The molecule has 1 fully saturated rings. The summed E-state index contributed by atoms with van der Waals surface area (Å²) in [6, 6.07) is 0. The summed E-state index contributed by atoms with van der Waals surface area (Å²) in [5.41, 5.74) is 0. The molecule has 0 spiro atoms. The van der Waals surface area contributed by atoms with Gasteiger partial charge in [0.15, 0.2) is 0 Å². The van der Waals surface area contributed by atoms with Crippen molar-refractivity contribution in [1.82, 2.24) is 10.6 Å². The fourth-order valence-corrected chi connectivity index (χ4v) is 1.25. The molecule has 1 atom stereocenters. The standard InChI is InChI=1S/C9H16N2O3/c1-2-6(9(13)14)5-11-8(12)7-3-10-4-7/h6-7,10H,2-5H2,1H3,(H,11,12)(H,13,14). The molecule has 0 aromatic rings. The SMILES string of the molecule is CCC(CNC(=O)C1CNC1)C(=O)O. The first-order valence-electron chi connectivity index (χ1n) is 4.86. The maximum Gasteiger partial charge on any atom is 0.308 e. The van der Waals surface area contributed by atoms with Crippen LogP contribution < -0.4 is 10.6 Å². The molecule has 0 radical (unpaired) electrons. The lowest BCUT2D eigenvalue weighted by Gasteiger charge is -2.26. The third kappa shape index (κ3) is 2.70. The minimum absolute atomic E-state index is 0.0290. The predicted molar refractivity (Wildman–Crippen MR) is 50.8 cm³/mol. The van der Waals surface area contributed by atoms with E-state index in [4.69, 9.17) is 5.11 Å². The summed E-state index contributed by atoms with van der Waals surface area (Å²) in [5, 5.41) is 14.4. The highest BCUT2D eigenvalue weighted by Crippen LogP contribution is 2.04. The van der Waals surface area contributed by atoms with Gasteiger partial charge < -0.3 is 15.7 Å². The van der Waals surface area contributed by atoms with Crippen LogP contribution in [0.4, 0.5) is 0 Å². The van der Waals surface area contributed by atoms with Gasteiger partial charge in [-0.1, -0.05) is 6.92 Å². The highest BCUT2D eigenvalue weighted by molar-refractivity contribution is 5.80. The van der Waals surface area contributed by atoms with E-state index in [1.165, 1.54) is 0 Å². The van der Waals surface area contributed by atoms with Gasteiger partial charge in [0.05, 0.1) is 11.8 Å². The first-order chi connectivity index (χ1) is 6.65.